The Bertz CT molecular complexity index is 1770. The zero-order valence-electron chi connectivity index (χ0n) is 28.2. The number of benzene rings is 4. The van der Waals surface area contributed by atoms with Crippen LogP contribution in [0.4, 0.5) is 0 Å². The van der Waals surface area contributed by atoms with Gasteiger partial charge in [0, 0.05) is 39.0 Å². The summed E-state index contributed by atoms with van der Waals surface area (Å²) in [6.45, 7) is 12.3. The normalized spacial score (nSPS) is 10.7. The number of ether oxygens (including phenoxy) is 6. The first-order valence-electron chi connectivity index (χ1n) is 16.1. The molecule has 10 heteroatoms. The molecule has 0 saturated carbocycles. The fraction of sp³-hybridized carbons (Fsp3) is 0.171. The van der Waals surface area contributed by atoms with Crippen molar-refractivity contribution in [3.05, 3.63) is 152 Å². The van der Waals surface area contributed by atoms with Crippen LogP contribution >= 0.6 is 23.5 Å². The topological polar surface area (TPSA) is 89.5 Å². The third-order valence-electron chi connectivity index (χ3n) is 6.70. The first-order valence-corrected chi connectivity index (χ1v) is 18.0. The van der Waals surface area contributed by atoms with E-state index in [-0.39, 0.29) is 19.8 Å². The Kier molecular flexibility index (Phi) is 16.5. The molecule has 0 aliphatic heterocycles. The molecule has 4 aromatic carbocycles. The number of rotatable bonds is 22. The number of esters is 2. The van der Waals surface area contributed by atoms with Gasteiger partial charge in [-0.15, -0.1) is 23.5 Å². The quantitative estimate of drug-likeness (QED) is 0.0195. The smallest absolute Gasteiger partial charge is 0.330 e. The van der Waals surface area contributed by atoms with Crippen LogP contribution < -0.4 is 9.47 Å². The molecule has 4 aromatic rings. The molecule has 0 aliphatic rings. The number of carbonyl (C=O) groups is 2. The van der Waals surface area contributed by atoms with E-state index >= 15 is 0 Å². The molecule has 0 heterocycles. The lowest BCUT2D eigenvalue weighted by molar-refractivity contribution is -0.139. The van der Waals surface area contributed by atoms with Gasteiger partial charge in [0.25, 0.3) is 0 Å². The Balaban J connectivity index is 1.15. The van der Waals surface area contributed by atoms with Gasteiger partial charge >= 0.3 is 11.9 Å². The van der Waals surface area contributed by atoms with E-state index in [2.05, 4.69) is 19.7 Å². The van der Waals surface area contributed by atoms with Crippen LogP contribution in [0.2, 0.25) is 0 Å². The van der Waals surface area contributed by atoms with Crippen molar-refractivity contribution in [1.82, 2.24) is 0 Å². The molecule has 51 heavy (non-hydrogen) atoms. The van der Waals surface area contributed by atoms with E-state index in [1.54, 1.807) is 35.7 Å². The van der Waals surface area contributed by atoms with Crippen molar-refractivity contribution in [3.63, 3.8) is 0 Å². The van der Waals surface area contributed by atoms with Gasteiger partial charge in [0.1, 0.15) is 42.0 Å². The van der Waals surface area contributed by atoms with E-state index < -0.39 is 11.9 Å². The summed E-state index contributed by atoms with van der Waals surface area (Å²) in [5.41, 5.74) is 1.62. The maximum absolute atomic E-state index is 12.4. The average molecular weight is 725 g/mol. The monoisotopic (exact) mass is 724 g/mol. The lowest BCUT2D eigenvalue weighted by Crippen LogP contribution is -2.08. The lowest BCUT2D eigenvalue weighted by atomic mass is 10.2. The molecule has 8 nitrogen and oxygen atoms in total. The van der Waals surface area contributed by atoms with Gasteiger partial charge in [-0.25, -0.2) is 9.59 Å². The molecule has 0 fully saturated rings. The largest absolute Gasteiger partial charge is 0.493 e. The highest BCUT2D eigenvalue weighted by molar-refractivity contribution is 7.99. The number of para-hydroxylation sites is 1. The number of hydrogen-bond donors (Lipinski definition) is 0. The molecule has 0 amide bonds. The number of hydrogen-bond acceptors (Lipinski definition) is 10. The number of allylic oxidation sites excluding steroid dienone is 1. The molecule has 0 atom stereocenters. The van der Waals surface area contributed by atoms with Crippen LogP contribution in [0.5, 0.6) is 23.0 Å². The molecule has 4 rings (SSSR count). The van der Waals surface area contributed by atoms with Crippen molar-refractivity contribution in [2.24, 2.45) is 0 Å². The van der Waals surface area contributed by atoms with Crippen LogP contribution in [0.15, 0.2) is 151 Å². The van der Waals surface area contributed by atoms with E-state index in [9.17, 15) is 9.59 Å². The van der Waals surface area contributed by atoms with Gasteiger partial charge in [-0.3, -0.25) is 0 Å². The van der Waals surface area contributed by atoms with Crippen LogP contribution in [0.1, 0.15) is 11.1 Å². The summed E-state index contributed by atoms with van der Waals surface area (Å²) in [6.07, 6.45) is 5.77. The minimum absolute atomic E-state index is 0.148. The van der Waals surface area contributed by atoms with Gasteiger partial charge in [-0.1, -0.05) is 50.1 Å². The second kappa shape index (κ2) is 21.8. The Morgan fingerprint density at radius 2 is 1.27 bits per heavy atom. The molecular weight excluding hydrogens is 685 g/mol. The van der Waals surface area contributed by atoms with Crippen LogP contribution in [0.3, 0.4) is 0 Å². The molecule has 0 aliphatic carbocycles. The third kappa shape index (κ3) is 14.7. The highest BCUT2D eigenvalue weighted by Crippen LogP contribution is 2.29. The Labute approximate surface area is 307 Å². The van der Waals surface area contributed by atoms with Crippen molar-refractivity contribution in [1.29, 1.82) is 0 Å². The van der Waals surface area contributed by atoms with Crippen LogP contribution in [0.25, 0.3) is 6.08 Å². The van der Waals surface area contributed by atoms with Crippen molar-refractivity contribution in [2.75, 3.05) is 37.9 Å². The van der Waals surface area contributed by atoms with Gasteiger partial charge < -0.3 is 28.4 Å². The molecule has 264 valence electrons. The van der Waals surface area contributed by atoms with Gasteiger partial charge in [0.2, 0.25) is 0 Å². The maximum atomic E-state index is 12.4. The Morgan fingerprint density at radius 1 is 0.627 bits per heavy atom. The van der Waals surface area contributed by atoms with Gasteiger partial charge in [-0.2, -0.15) is 0 Å². The first kappa shape index (κ1) is 38.6. The predicted molar refractivity (Wildman–Crippen MR) is 203 cm³/mol. The number of carbonyl (C=O) groups excluding carboxylic acids is 2. The molecule has 0 radical (unpaired) electrons. The molecule has 0 saturated heterocycles. The second-order valence-corrected chi connectivity index (χ2v) is 12.8. The van der Waals surface area contributed by atoms with Crippen molar-refractivity contribution in [3.8, 4) is 23.0 Å². The Hall–Kier alpha value is -5.16. The summed E-state index contributed by atoms with van der Waals surface area (Å²) >= 11 is 3.28. The van der Waals surface area contributed by atoms with Crippen molar-refractivity contribution < 1.29 is 38.0 Å². The molecule has 0 N–H and O–H groups in total. The molecule has 0 unspecified atom stereocenters. The van der Waals surface area contributed by atoms with Gasteiger partial charge in [-0.05, 0) is 84.4 Å². The summed E-state index contributed by atoms with van der Waals surface area (Å²) in [5.74, 6) is 3.76. The summed E-state index contributed by atoms with van der Waals surface area (Å²) < 4.78 is 33.4. The summed E-state index contributed by atoms with van der Waals surface area (Å²) in [7, 11) is 0. The maximum Gasteiger partial charge on any atom is 0.330 e. The van der Waals surface area contributed by atoms with Crippen molar-refractivity contribution >= 4 is 41.5 Å². The SMILES string of the molecule is C=CC(=C)OCCSc1ccc(Oc2ccc(SCCOC(=O)C=Cc3ccccc3Oc3cccc(COCCOC(=O)C=C)c3)cc2)cc1. The van der Waals surface area contributed by atoms with E-state index in [4.69, 9.17) is 28.4 Å². The highest BCUT2D eigenvalue weighted by atomic mass is 32.2. The molecular formula is C41H40O8S2. The third-order valence-corrected chi connectivity index (χ3v) is 8.65. The zero-order valence-corrected chi connectivity index (χ0v) is 29.8. The van der Waals surface area contributed by atoms with Gasteiger partial charge in [0.15, 0.2) is 0 Å². The first-order chi connectivity index (χ1) is 24.9. The van der Waals surface area contributed by atoms with Crippen LogP contribution in [-0.2, 0) is 35.1 Å². The molecule has 0 spiro atoms. The number of thioether (sulfide) groups is 2. The summed E-state index contributed by atoms with van der Waals surface area (Å²) in [4.78, 5) is 25.7. The molecule has 0 bridgehead atoms. The van der Waals surface area contributed by atoms with E-state index in [0.717, 1.165) is 44.2 Å². The fourth-order valence-corrected chi connectivity index (χ4v) is 5.69. The second-order valence-electron chi connectivity index (χ2n) is 10.5. The fourth-order valence-electron chi connectivity index (χ4n) is 4.23. The van der Waals surface area contributed by atoms with Gasteiger partial charge in [0.05, 0.1) is 19.8 Å². The molecule has 0 aromatic heterocycles. The summed E-state index contributed by atoms with van der Waals surface area (Å²) in [6, 6.07) is 30.6. The van der Waals surface area contributed by atoms with Crippen molar-refractivity contribution in [2.45, 2.75) is 16.4 Å². The minimum Gasteiger partial charge on any atom is -0.493 e. The Morgan fingerprint density at radius 3 is 1.94 bits per heavy atom. The zero-order chi connectivity index (χ0) is 36.1. The van der Waals surface area contributed by atoms with E-state index in [1.807, 2.05) is 97.1 Å². The summed E-state index contributed by atoms with van der Waals surface area (Å²) in [5, 5.41) is 0. The average Bonchev–Trinajstić information content (AvgIpc) is 3.16. The van der Waals surface area contributed by atoms with E-state index in [0.29, 0.717) is 36.2 Å². The highest BCUT2D eigenvalue weighted by Gasteiger charge is 2.06. The lowest BCUT2D eigenvalue weighted by Gasteiger charge is -2.11. The minimum atomic E-state index is -0.484. The standard InChI is InChI=1S/C41H40O8S2/c1-4-31(3)45-25-27-50-37-18-14-34(15-19-37)48-35-16-20-38(21-17-35)51-28-26-47-41(43)22-13-33-10-6-7-12-39(33)49-36-11-8-9-32(29-36)30-44-23-24-46-40(42)5-2/h4-22,29H,1-3,23-28,30H2. The van der Waals surface area contributed by atoms with Crippen LogP contribution in [-0.4, -0.2) is 49.9 Å². The predicted octanol–water partition coefficient (Wildman–Crippen LogP) is 9.67. The van der Waals surface area contributed by atoms with E-state index in [1.165, 1.54) is 6.08 Å². The van der Waals surface area contributed by atoms with Crippen LogP contribution in [0, 0.1) is 0 Å².